The SMILES string of the molecule is COC(=O)C(C)c1ccccc1.Cc1ccccc1. The molecule has 2 heteroatoms. The van der Waals surface area contributed by atoms with Gasteiger partial charge >= 0.3 is 5.97 Å². The third-order valence-electron chi connectivity index (χ3n) is 2.79. The van der Waals surface area contributed by atoms with Crippen molar-refractivity contribution in [3.63, 3.8) is 0 Å². The summed E-state index contributed by atoms with van der Waals surface area (Å²) < 4.78 is 4.63. The van der Waals surface area contributed by atoms with Gasteiger partial charge in [-0.1, -0.05) is 66.2 Å². The van der Waals surface area contributed by atoms with Crippen LogP contribution in [-0.4, -0.2) is 13.1 Å². The first-order valence-electron chi connectivity index (χ1n) is 6.29. The highest BCUT2D eigenvalue weighted by Crippen LogP contribution is 2.15. The van der Waals surface area contributed by atoms with Crippen molar-refractivity contribution < 1.29 is 9.53 Å². The fourth-order valence-electron chi connectivity index (χ4n) is 1.59. The maximum absolute atomic E-state index is 11.1. The van der Waals surface area contributed by atoms with E-state index in [1.165, 1.54) is 12.7 Å². The lowest BCUT2D eigenvalue weighted by Gasteiger charge is -2.08. The molecule has 0 spiro atoms. The molecular formula is C17H20O2. The molecule has 0 N–H and O–H groups in total. The average molecular weight is 256 g/mol. The van der Waals surface area contributed by atoms with E-state index < -0.39 is 0 Å². The van der Waals surface area contributed by atoms with E-state index in [-0.39, 0.29) is 11.9 Å². The molecule has 2 rings (SSSR count). The molecule has 0 fully saturated rings. The molecule has 0 bridgehead atoms. The monoisotopic (exact) mass is 256 g/mol. The lowest BCUT2D eigenvalue weighted by molar-refractivity contribution is -0.141. The normalized spacial score (nSPS) is 10.9. The predicted molar refractivity (Wildman–Crippen MR) is 78.1 cm³/mol. The number of rotatable bonds is 2. The number of methoxy groups -OCH3 is 1. The van der Waals surface area contributed by atoms with Gasteiger partial charge in [0.05, 0.1) is 13.0 Å². The second-order valence-corrected chi connectivity index (χ2v) is 4.31. The van der Waals surface area contributed by atoms with Crippen LogP contribution in [0.4, 0.5) is 0 Å². The molecule has 0 aliphatic carbocycles. The van der Waals surface area contributed by atoms with Crippen molar-refractivity contribution in [2.75, 3.05) is 7.11 Å². The topological polar surface area (TPSA) is 26.3 Å². The number of ether oxygens (including phenoxy) is 1. The third-order valence-corrected chi connectivity index (χ3v) is 2.79. The molecule has 0 aliphatic heterocycles. The lowest BCUT2D eigenvalue weighted by Crippen LogP contribution is -2.10. The summed E-state index contributed by atoms with van der Waals surface area (Å²) in [6.45, 7) is 3.92. The van der Waals surface area contributed by atoms with Gasteiger partial charge in [0.25, 0.3) is 0 Å². The van der Waals surface area contributed by atoms with Crippen molar-refractivity contribution in [2.45, 2.75) is 19.8 Å². The molecule has 0 amide bonds. The number of esters is 1. The zero-order valence-electron chi connectivity index (χ0n) is 11.7. The molecule has 0 aromatic heterocycles. The second kappa shape index (κ2) is 8.09. The van der Waals surface area contributed by atoms with E-state index in [0.29, 0.717) is 0 Å². The first-order chi connectivity index (χ1) is 9.15. The molecule has 2 aromatic rings. The second-order valence-electron chi connectivity index (χ2n) is 4.31. The van der Waals surface area contributed by atoms with E-state index in [4.69, 9.17) is 0 Å². The molecule has 0 saturated carbocycles. The van der Waals surface area contributed by atoms with E-state index in [0.717, 1.165) is 5.56 Å². The number of benzene rings is 2. The average Bonchev–Trinajstić information content (AvgIpc) is 2.48. The minimum atomic E-state index is -0.193. The van der Waals surface area contributed by atoms with E-state index in [1.54, 1.807) is 0 Å². The Hall–Kier alpha value is -2.09. The van der Waals surface area contributed by atoms with Crippen molar-refractivity contribution >= 4 is 5.97 Å². The van der Waals surface area contributed by atoms with Crippen molar-refractivity contribution in [2.24, 2.45) is 0 Å². The van der Waals surface area contributed by atoms with Crippen LogP contribution in [0.15, 0.2) is 60.7 Å². The fourth-order valence-corrected chi connectivity index (χ4v) is 1.59. The zero-order chi connectivity index (χ0) is 14.1. The maximum Gasteiger partial charge on any atom is 0.312 e. The number of carbonyl (C=O) groups is 1. The first kappa shape index (κ1) is 15.0. The number of carbonyl (C=O) groups excluding carboxylic acids is 1. The van der Waals surface area contributed by atoms with Crippen LogP contribution < -0.4 is 0 Å². The Morgan fingerprint density at radius 3 is 1.79 bits per heavy atom. The number of hydrogen-bond donors (Lipinski definition) is 0. The van der Waals surface area contributed by atoms with Crippen LogP contribution in [0.3, 0.4) is 0 Å². The van der Waals surface area contributed by atoms with E-state index in [2.05, 4.69) is 23.8 Å². The van der Waals surface area contributed by atoms with Gasteiger partial charge in [-0.05, 0) is 19.4 Å². The van der Waals surface area contributed by atoms with Gasteiger partial charge in [-0.15, -0.1) is 0 Å². The van der Waals surface area contributed by atoms with Gasteiger partial charge in [-0.25, -0.2) is 0 Å². The van der Waals surface area contributed by atoms with Crippen molar-refractivity contribution in [3.8, 4) is 0 Å². The van der Waals surface area contributed by atoms with E-state index >= 15 is 0 Å². The quantitative estimate of drug-likeness (QED) is 0.760. The van der Waals surface area contributed by atoms with Crippen LogP contribution in [0, 0.1) is 6.92 Å². The van der Waals surface area contributed by atoms with E-state index in [1.807, 2.05) is 55.5 Å². The van der Waals surface area contributed by atoms with E-state index in [9.17, 15) is 4.79 Å². The highest BCUT2D eigenvalue weighted by Gasteiger charge is 2.14. The zero-order valence-corrected chi connectivity index (χ0v) is 11.7. The predicted octanol–water partition coefficient (Wildman–Crippen LogP) is 3.96. The third kappa shape index (κ3) is 5.38. The van der Waals surface area contributed by atoms with Gasteiger partial charge in [0.2, 0.25) is 0 Å². The molecule has 100 valence electrons. The van der Waals surface area contributed by atoms with Gasteiger partial charge in [-0.2, -0.15) is 0 Å². The van der Waals surface area contributed by atoms with Crippen LogP contribution in [0.25, 0.3) is 0 Å². The van der Waals surface area contributed by atoms with Crippen molar-refractivity contribution in [1.82, 2.24) is 0 Å². The van der Waals surface area contributed by atoms with Crippen LogP contribution in [0.5, 0.6) is 0 Å². The number of aryl methyl sites for hydroxylation is 1. The van der Waals surface area contributed by atoms with Gasteiger partial charge in [0.1, 0.15) is 0 Å². The summed E-state index contributed by atoms with van der Waals surface area (Å²) in [4.78, 5) is 11.1. The van der Waals surface area contributed by atoms with Crippen LogP contribution in [0.1, 0.15) is 24.0 Å². The van der Waals surface area contributed by atoms with Gasteiger partial charge in [0.15, 0.2) is 0 Å². The Morgan fingerprint density at radius 2 is 1.42 bits per heavy atom. The summed E-state index contributed by atoms with van der Waals surface area (Å²) in [5, 5.41) is 0. The molecule has 0 heterocycles. The highest BCUT2D eigenvalue weighted by atomic mass is 16.5. The Kier molecular flexibility index (Phi) is 6.37. The molecule has 2 nitrogen and oxygen atoms in total. The summed E-state index contributed by atoms with van der Waals surface area (Å²) in [7, 11) is 1.40. The van der Waals surface area contributed by atoms with Crippen LogP contribution in [0.2, 0.25) is 0 Å². The Balaban J connectivity index is 0.000000218. The molecule has 0 radical (unpaired) electrons. The smallest absolute Gasteiger partial charge is 0.312 e. The van der Waals surface area contributed by atoms with Gasteiger partial charge in [0, 0.05) is 0 Å². The van der Waals surface area contributed by atoms with Crippen molar-refractivity contribution in [3.05, 3.63) is 71.8 Å². The summed E-state index contributed by atoms with van der Waals surface area (Å²) in [6.07, 6.45) is 0. The largest absolute Gasteiger partial charge is 0.469 e. The highest BCUT2D eigenvalue weighted by molar-refractivity contribution is 5.77. The summed E-state index contributed by atoms with van der Waals surface area (Å²) in [5.41, 5.74) is 2.31. The maximum atomic E-state index is 11.1. The van der Waals surface area contributed by atoms with Crippen LogP contribution in [-0.2, 0) is 9.53 Å². The molecule has 1 unspecified atom stereocenters. The molecular weight excluding hydrogens is 236 g/mol. The minimum absolute atomic E-state index is 0.170. The summed E-state index contributed by atoms with van der Waals surface area (Å²) >= 11 is 0. The first-order valence-corrected chi connectivity index (χ1v) is 6.29. The van der Waals surface area contributed by atoms with Crippen molar-refractivity contribution in [1.29, 1.82) is 0 Å². The molecule has 19 heavy (non-hydrogen) atoms. The summed E-state index contributed by atoms with van der Waals surface area (Å²) in [6, 6.07) is 19.8. The van der Waals surface area contributed by atoms with Crippen LogP contribution >= 0.6 is 0 Å². The molecule has 0 aliphatic rings. The Morgan fingerprint density at radius 1 is 0.947 bits per heavy atom. The van der Waals surface area contributed by atoms with Gasteiger partial charge in [-0.3, -0.25) is 4.79 Å². The Labute approximate surface area is 115 Å². The molecule has 1 atom stereocenters. The molecule has 2 aromatic carbocycles. The minimum Gasteiger partial charge on any atom is -0.469 e. The Bertz CT molecular complexity index is 477. The summed E-state index contributed by atoms with van der Waals surface area (Å²) in [5.74, 6) is -0.364. The number of hydrogen-bond acceptors (Lipinski definition) is 2. The standard InChI is InChI=1S/C10H12O2.C7H8/c1-8(10(11)12-2)9-6-4-3-5-7-9;1-7-5-3-2-4-6-7/h3-8H,1-2H3;2-6H,1H3. The fraction of sp³-hybridized carbons (Fsp3) is 0.235. The lowest BCUT2D eigenvalue weighted by atomic mass is 10.0. The van der Waals surface area contributed by atoms with Gasteiger partial charge < -0.3 is 4.74 Å². The molecule has 0 saturated heterocycles.